The molecule has 33 heavy (non-hydrogen) atoms. The van der Waals surface area contributed by atoms with Gasteiger partial charge < -0.3 is 20.9 Å². The Morgan fingerprint density at radius 2 is 2.03 bits per heavy atom. The summed E-state index contributed by atoms with van der Waals surface area (Å²) in [6.07, 6.45) is 7.22. The Bertz CT molecular complexity index is 886. The number of imidazole rings is 1. The SMILES string of the molecule is CCCCCC(=O)N1C(=O)CCC1C(=O)NC(Cc1cnc[nH]1)C(=O)N1CCCC1C(N)=O. The summed E-state index contributed by atoms with van der Waals surface area (Å²) in [5.41, 5.74) is 6.09. The van der Waals surface area contributed by atoms with Crippen molar-refractivity contribution in [3.05, 3.63) is 18.2 Å². The summed E-state index contributed by atoms with van der Waals surface area (Å²) in [5, 5.41) is 2.73. The predicted molar refractivity (Wildman–Crippen MR) is 117 cm³/mol. The van der Waals surface area contributed by atoms with Crippen LogP contribution in [0.3, 0.4) is 0 Å². The van der Waals surface area contributed by atoms with E-state index in [9.17, 15) is 24.0 Å². The van der Waals surface area contributed by atoms with E-state index in [0.29, 0.717) is 31.5 Å². The van der Waals surface area contributed by atoms with Crippen molar-refractivity contribution in [2.24, 2.45) is 5.73 Å². The number of likely N-dealkylation sites (tertiary alicyclic amines) is 2. The number of unbranched alkanes of at least 4 members (excludes halogenated alkanes) is 2. The summed E-state index contributed by atoms with van der Waals surface area (Å²) in [6.45, 7) is 2.38. The first-order valence-corrected chi connectivity index (χ1v) is 11.6. The van der Waals surface area contributed by atoms with Gasteiger partial charge >= 0.3 is 0 Å². The number of nitrogens with two attached hydrogens (primary N) is 1. The monoisotopic (exact) mass is 460 g/mol. The van der Waals surface area contributed by atoms with Crippen LogP contribution in [0, 0.1) is 0 Å². The second-order valence-electron chi connectivity index (χ2n) is 8.60. The van der Waals surface area contributed by atoms with Crippen LogP contribution in [0.25, 0.3) is 0 Å². The maximum Gasteiger partial charge on any atom is 0.246 e. The average Bonchev–Trinajstić information content (AvgIpc) is 3.53. The van der Waals surface area contributed by atoms with E-state index in [4.69, 9.17) is 5.73 Å². The average molecular weight is 461 g/mol. The Hall–Kier alpha value is -3.24. The van der Waals surface area contributed by atoms with Crippen LogP contribution in [0.4, 0.5) is 0 Å². The first kappa shape index (κ1) is 24.4. The normalized spacial score (nSPS) is 21.3. The molecule has 2 saturated heterocycles. The molecule has 2 aliphatic rings. The first-order chi connectivity index (χ1) is 15.8. The quantitative estimate of drug-likeness (QED) is 0.417. The van der Waals surface area contributed by atoms with Gasteiger partial charge in [0.15, 0.2) is 0 Å². The Labute approximate surface area is 192 Å². The molecule has 11 nitrogen and oxygen atoms in total. The zero-order chi connectivity index (χ0) is 24.0. The molecule has 2 fully saturated rings. The van der Waals surface area contributed by atoms with Gasteiger partial charge in [0.05, 0.1) is 6.33 Å². The van der Waals surface area contributed by atoms with E-state index >= 15 is 0 Å². The van der Waals surface area contributed by atoms with Crippen molar-refractivity contribution >= 4 is 29.5 Å². The van der Waals surface area contributed by atoms with Crippen molar-refractivity contribution < 1.29 is 24.0 Å². The summed E-state index contributed by atoms with van der Waals surface area (Å²) in [6, 6.07) is -2.66. The van der Waals surface area contributed by atoms with E-state index in [0.717, 1.165) is 17.7 Å². The summed E-state index contributed by atoms with van der Waals surface area (Å²) < 4.78 is 0. The van der Waals surface area contributed by atoms with Crippen molar-refractivity contribution in [3.8, 4) is 0 Å². The number of nitrogens with zero attached hydrogens (tertiary/aromatic N) is 3. The molecule has 3 rings (SSSR count). The molecule has 3 unspecified atom stereocenters. The largest absolute Gasteiger partial charge is 0.368 e. The highest BCUT2D eigenvalue weighted by Crippen LogP contribution is 2.23. The van der Waals surface area contributed by atoms with Crippen molar-refractivity contribution in [3.63, 3.8) is 0 Å². The number of H-pyrrole nitrogens is 1. The van der Waals surface area contributed by atoms with E-state index < -0.39 is 35.8 Å². The highest BCUT2D eigenvalue weighted by molar-refractivity contribution is 6.03. The van der Waals surface area contributed by atoms with Gasteiger partial charge in [-0.1, -0.05) is 19.8 Å². The molecule has 0 spiro atoms. The lowest BCUT2D eigenvalue weighted by Gasteiger charge is -2.29. The molecule has 1 aromatic rings. The molecule has 3 atom stereocenters. The van der Waals surface area contributed by atoms with Crippen molar-refractivity contribution in [2.45, 2.75) is 82.8 Å². The number of carbonyl (C=O) groups excluding carboxylic acids is 5. The third-order valence-corrected chi connectivity index (χ3v) is 6.24. The number of primary amides is 1. The lowest BCUT2D eigenvalue weighted by Crippen LogP contribution is -2.57. The van der Waals surface area contributed by atoms with Gasteiger partial charge in [0.25, 0.3) is 0 Å². The van der Waals surface area contributed by atoms with Crippen LogP contribution in [0.1, 0.15) is 64.0 Å². The molecule has 3 heterocycles. The maximum absolute atomic E-state index is 13.3. The standard InChI is InChI=1S/C22H32N6O5/c1-2-3-4-7-18(29)28-17(8-9-19(28)30)21(32)26-15(11-14-12-24-13-25-14)22(33)27-10-5-6-16(27)20(23)31/h12-13,15-17H,2-11H2,1H3,(H2,23,31)(H,24,25)(H,26,32). The van der Waals surface area contributed by atoms with Crippen LogP contribution in [0.2, 0.25) is 0 Å². The minimum atomic E-state index is -0.995. The Morgan fingerprint density at radius 3 is 2.70 bits per heavy atom. The van der Waals surface area contributed by atoms with E-state index in [1.165, 1.54) is 11.2 Å². The van der Waals surface area contributed by atoms with Crippen LogP contribution in [0.15, 0.2) is 12.5 Å². The number of amides is 5. The van der Waals surface area contributed by atoms with Crippen LogP contribution < -0.4 is 11.1 Å². The molecule has 0 bridgehead atoms. The third kappa shape index (κ3) is 5.77. The van der Waals surface area contributed by atoms with E-state index in [-0.39, 0.29) is 37.5 Å². The lowest BCUT2D eigenvalue weighted by atomic mass is 10.1. The molecule has 11 heteroatoms. The molecule has 4 N–H and O–H groups in total. The van der Waals surface area contributed by atoms with E-state index in [1.807, 2.05) is 6.92 Å². The minimum Gasteiger partial charge on any atom is -0.368 e. The summed E-state index contributed by atoms with van der Waals surface area (Å²) in [5.74, 6) is -2.31. The zero-order valence-corrected chi connectivity index (χ0v) is 18.9. The van der Waals surface area contributed by atoms with Gasteiger partial charge in [-0.3, -0.25) is 28.9 Å². The number of rotatable bonds is 10. The van der Waals surface area contributed by atoms with Crippen LogP contribution in [-0.4, -0.2) is 74.0 Å². The second kappa shape index (κ2) is 11.1. The summed E-state index contributed by atoms with van der Waals surface area (Å²) in [7, 11) is 0. The van der Waals surface area contributed by atoms with Gasteiger partial charge in [-0.15, -0.1) is 0 Å². The maximum atomic E-state index is 13.3. The Morgan fingerprint density at radius 1 is 1.24 bits per heavy atom. The van der Waals surface area contributed by atoms with Gasteiger partial charge in [0.2, 0.25) is 29.5 Å². The minimum absolute atomic E-state index is 0.104. The van der Waals surface area contributed by atoms with Gasteiger partial charge in [-0.05, 0) is 25.7 Å². The molecule has 5 amide bonds. The zero-order valence-electron chi connectivity index (χ0n) is 18.9. The van der Waals surface area contributed by atoms with Gasteiger partial charge in [0.1, 0.15) is 18.1 Å². The predicted octanol–water partition coefficient (Wildman–Crippen LogP) is 0.0112. The molecule has 0 aliphatic carbocycles. The van der Waals surface area contributed by atoms with Gasteiger partial charge in [0, 0.05) is 37.7 Å². The summed E-state index contributed by atoms with van der Waals surface area (Å²) >= 11 is 0. The molecule has 2 aliphatic heterocycles. The third-order valence-electron chi connectivity index (χ3n) is 6.24. The van der Waals surface area contributed by atoms with E-state index in [2.05, 4.69) is 15.3 Å². The molecule has 180 valence electrons. The summed E-state index contributed by atoms with van der Waals surface area (Å²) in [4.78, 5) is 72.6. The highest BCUT2D eigenvalue weighted by atomic mass is 16.2. The molecular weight excluding hydrogens is 428 g/mol. The number of aromatic amines is 1. The number of aromatic nitrogens is 2. The molecule has 0 saturated carbocycles. The number of hydrogen-bond donors (Lipinski definition) is 3. The highest BCUT2D eigenvalue weighted by Gasteiger charge is 2.42. The van der Waals surface area contributed by atoms with Crippen molar-refractivity contribution in [1.82, 2.24) is 25.1 Å². The molecule has 0 radical (unpaired) electrons. The van der Waals surface area contributed by atoms with E-state index in [1.54, 1.807) is 6.20 Å². The number of hydrogen-bond acceptors (Lipinski definition) is 6. The molecule has 0 aromatic carbocycles. The van der Waals surface area contributed by atoms with Crippen LogP contribution in [-0.2, 0) is 30.4 Å². The number of nitrogens with one attached hydrogen (secondary N) is 2. The van der Waals surface area contributed by atoms with Crippen LogP contribution >= 0.6 is 0 Å². The fourth-order valence-corrected chi connectivity index (χ4v) is 4.50. The lowest BCUT2D eigenvalue weighted by molar-refractivity contribution is -0.148. The van der Waals surface area contributed by atoms with Crippen molar-refractivity contribution in [1.29, 1.82) is 0 Å². The number of carbonyl (C=O) groups is 5. The topological polar surface area (TPSA) is 159 Å². The first-order valence-electron chi connectivity index (χ1n) is 11.6. The fraction of sp³-hybridized carbons (Fsp3) is 0.636. The second-order valence-corrected chi connectivity index (χ2v) is 8.60. The smallest absolute Gasteiger partial charge is 0.246 e. The molecule has 1 aromatic heterocycles. The van der Waals surface area contributed by atoms with Crippen molar-refractivity contribution in [2.75, 3.05) is 6.54 Å². The van der Waals surface area contributed by atoms with Gasteiger partial charge in [-0.25, -0.2) is 4.98 Å². The van der Waals surface area contributed by atoms with Crippen LogP contribution in [0.5, 0.6) is 0 Å². The number of imide groups is 1. The Balaban J connectivity index is 1.75. The van der Waals surface area contributed by atoms with Gasteiger partial charge in [-0.2, -0.15) is 0 Å². The molecular formula is C22H32N6O5. The fourth-order valence-electron chi connectivity index (χ4n) is 4.50. The Kier molecular flexibility index (Phi) is 8.18.